The summed E-state index contributed by atoms with van der Waals surface area (Å²) >= 11 is 13.1. The predicted octanol–water partition coefficient (Wildman–Crippen LogP) is 10.7. The predicted molar refractivity (Wildman–Crippen MR) is 217 cm³/mol. The van der Waals surface area contributed by atoms with E-state index in [1.54, 1.807) is 48.4 Å². The van der Waals surface area contributed by atoms with Gasteiger partial charge in [0.15, 0.2) is 5.78 Å². The van der Waals surface area contributed by atoms with E-state index in [9.17, 15) is 23.2 Å². The fourth-order valence-electron chi connectivity index (χ4n) is 6.37. The Balaban J connectivity index is 0.000000211. The zero-order valence-electron chi connectivity index (χ0n) is 30.6. The molecule has 2 amide bonds. The number of amides is 2. The van der Waals surface area contributed by atoms with E-state index in [2.05, 4.69) is 31.9 Å². The van der Waals surface area contributed by atoms with Crippen molar-refractivity contribution in [1.82, 2.24) is 9.80 Å². The van der Waals surface area contributed by atoms with E-state index in [-0.39, 0.29) is 54.5 Å². The molecule has 0 spiro atoms. The number of aryl methyl sites for hydroxylation is 1. The highest BCUT2D eigenvalue weighted by molar-refractivity contribution is 9.10. The van der Waals surface area contributed by atoms with Crippen molar-refractivity contribution in [3.8, 4) is 11.5 Å². The molecule has 2 aliphatic heterocycles. The summed E-state index contributed by atoms with van der Waals surface area (Å²) in [6, 6.07) is 18.8. The van der Waals surface area contributed by atoms with Gasteiger partial charge in [-0.25, -0.2) is 8.78 Å². The number of carbonyl (C=O) groups is 3. The third kappa shape index (κ3) is 10.4. The number of rotatable bonds is 8. The third-order valence-corrected chi connectivity index (χ3v) is 11.2. The average Bonchev–Trinajstić information content (AvgIpc) is 3.17. The lowest BCUT2D eigenvalue weighted by atomic mass is 9.94. The minimum Gasteiger partial charge on any atom is -0.496 e. The highest BCUT2D eigenvalue weighted by Gasteiger charge is 2.30. The number of benzene rings is 4. The van der Waals surface area contributed by atoms with Crippen LogP contribution in [0.2, 0.25) is 5.02 Å². The summed E-state index contributed by atoms with van der Waals surface area (Å²) in [5.41, 5.74) is 5.36. The van der Waals surface area contributed by atoms with Crippen LogP contribution in [0.4, 0.5) is 8.78 Å². The number of ether oxygens (including phenoxy) is 2. The van der Waals surface area contributed by atoms with Crippen LogP contribution in [0.3, 0.4) is 0 Å². The molecule has 0 bridgehead atoms. The van der Waals surface area contributed by atoms with Gasteiger partial charge in [-0.2, -0.15) is 0 Å². The molecule has 0 saturated heterocycles. The Labute approximate surface area is 341 Å². The molecule has 4 aromatic rings. The van der Waals surface area contributed by atoms with E-state index in [1.807, 2.05) is 44.3 Å². The molecule has 7 nitrogen and oxygen atoms in total. The van der Waals surface area contributed by atoms with Gasteiger partial charge in [0.1, 0.15) is 23.1 Å². The van der Waals surface area contributed by atoms with Gasteiger partial charge in [-0.05, 0) is 114 Å². The largest absolute Gasteiger partial charge is 0.496 e. The molecule has 55 heavy (non-hydrogen) atoms. The second-order valence-corrected chi connectivity index (χ2v) is 15.1. The molecular weight excluding hydrogens is 858 g/mol. The molecule has 2 unspecified atom stereocenters. The molecule has 0 aliphatic carbocycles. The van der Waals surface area contributed by atoms with Crippen LogP contribution in [-0.2, 0) is 27.2 Å². The second kappa shape index (κ2) is 18.8. The van der Waals surface area contributed by atoms with Crippen molar-refractivity contribution in [1.29, 1.82) is 0 Å². The van der Waals surface area contributed by atoms with Gasteiger partial charge < -0.3 is 19.3 Å². The first-order chi connectivity index (χ1) is 26.3. The van der Waals surface area contributed by atoms with E-state index in [4.69, 9.17) is 21.1 Å². The summed E-state index contributed by atoms with van der Waals surface area (Å²) in [6.07, 6.45) is 9.88. The molecule has 2 atom stereocenters. The Morgan fingerprint density at radius 1 is 0.764 bits per heavy atom. The SMILES string of the molecule is C/C=C1\C=CN(C(=O)Cc2cc(OC)c(C)cc2Br)C(c2ccc(F)cc2)C1.COc1cc(CC(=O)N2C=CC(=O)CC2c2ccc(F)cc2)c(Br)cc1Cl. The number of ketones is 1. The molecule has 6 rings (SSSR count). The van der Waals surface area contributed by atoms with Crippen LogP contribution in [0.25, 0.3) is 0 Å². The standard InChI is InChI=1S/C23H23BrFNO2.C20H16BrClFNO3/c1-4-16-9-10-26(21(12-16)17-5-7-19(25)8-6-17)23(27)14-18-13-22(28-3)15(2)11-20(18)24;1-27-19-8-13(16(21)11-17(19)22)9-20(26)24-7-6-15(25)10-18(24)12-2-4-14(23)5-3-12/h4-11,13,21H,12,14H2,1-3H3;2-8,11,18H,9-10H2,1H3/b16-4+;. The molecule has 2 heterocycles. The monoisotopic (exact) mass is 894 g/mol. The van der Waals surface area contributed by atoms with Gasteiger partial charge in [-0.3, -0.25) is 14.4 Å². The Morgan fingerprint density at radius 2 is 1.24 bits per heavy atom. The normalized spacial score (nSPS) is 17.2. The summed E-state index contributed by atoms with van der Waals surface area (Å²) in [6.45, 7) is 3.94. The Morgan fingerprint density at radius 3 is 1.75 bits per heavy atom. The first-order valence-corrected chi connectivity index (χ1v) is 19.3. The maximum atomic E-state index is 13.4. The second-order valence-electron chi connectivity index (χ2n) is 13.0. The lowest BCUT2D eigenvalue weighted by Gasteiger charge is -2.33. The van der Waals surface area contributed by atoms with Gasteiger partial charge in [0.05, 0.1) is 44.2 Å². The molecular formula is C43H39Br2ClF2N2O5. The zero-order chi connectivity index (χ0) is 39.8. The Bertz CT molecular complexity index is 2160. The van der Waals surface area contributed by atoms with Gasteiger partial charge in [0.25, 0.3) is 0 Å². The van der Waals surface area contributed by atoms with Gasteiger partial charge in [-0.15, -0.1) is 0 Å². The van der Waals surface area contributed by atoms with E-state index in [0.29, 0.717) is 32.8 Å². The Hall–Kier alpha value is -4.58. The number of nitrogens with zero attached hydrogens (tertiary/aromatic N) is 2. The minimum atomic E-state index is -0.469. The topological polar surface area (TPSA) is 76.2 Å². The number of hydrogen-bond donors (Lipinski definition) is 0. The fourth-order valence-corrected chi connectivity index (χ4v) is 7.82. The molecule has 286 valence electrons. The summed E-state index contributed by atoms with van der Waals surface area (Å²) < 4.78 is 38.8. The Kier molecular flexibility index (Phi) is 14.2. The summed E-state index contributed by atoms with van der Waals surface area (Å²) in [4.78, 5) is 41.3. The number of carbonyl (C=O) groups excluding carboxylic acids is 3. The fraction of sp³-hybridized carbons (Fsp3) is 0.233. The van der Waals surface area contributed by atoms with Gasteiger partial charge in [0.2, 0.25) is 11.8 Å². The summed E-state index contributed by atoms with van der Waals surface area (Å²) in [5.74, 6) is 0.281. The van der Waals surface area contributed by atoms with E-state index >= 15 is 0 Å². The summed E-state index contributed by atoms with van der Waals surface area (Å²) in [7, 11) is 3.13. The molecule has 2 aliphatic rings. The van der Waals surface area contributed by atoms with Crippen LogP contribution < -0.4 is 9.47 Å². The van der Waals surface area contributed by atoms with Crippen molar-refractivity contribution in [2.45, 2.75) is 51.6 Å². The molecule has 0 aromatic heterocycles. The van der Waals surface area contributed by atoms with Gasteiger partial charge in [-0.1, -0.05) is 73.8 Å². The quantitative estimate of drug-likeness (QED) is 0.176. The number of hydrogen-bond acceptors (Lipinski definition) is 5. The zero-order valence-corrected chi connectivity index (χ0v) is 34.6. The van der Waals surface area contributed by atoms with Crippen molar-refractivity contribution in [3.63, 3.8) is 0 Å². The van der Waals surface area contributed by atoms with Gasteiger partial charge >= 0.3 is 0 Å². The highest BCUT2D eigenvalue weighted by Crippen LogP contribution is 2.36. The van der Waals surface area contributed by atoms with Crippen molar-refractivity contribution in [2.24, 2.45) is 0 Å². The summed E-state index contributed by atoms with van der Waals surface area (Å²) in [5, 5.41) is 0.438. The first-order valence-electron chi connectivity index (χ1n) is 17.3. The first kappa shape index (κ1) is 41.6. The molecule has 0 radical (unpaired) electrons. The minimum absolute atomic E-state index is 0.0210. The number of halogens is 5. The van der Waals surface area contributed by atoms with Crippen LogP contribution in [0.5, 0.6) is 11.5 Å². The lowest BCUT2D eigenvalue weighted by molar-refractivity contribution is -0.132. The maximum absolute atomic E-state index is 13.4. The van der Waals surface area contributed by atoms with Crippen molar-refractivity contribution < 1.29 is 32.6 Å². The van der Waals surface area contributed by atoms with Crippen LogP contribution >= 0.6 is 43.5 Å². The number of methoxy groups -OCH3 is 2. The molecule has 12 heteroatoms. The lowest BCUT2D eigenvalue weighted by Crippen LogP contribution is -2.35. The average molecular weight is 897 g/mol. The molecule has 0 fully saturated rings. The molecule has 4 aromatic carbocycles. The third-order valence-electron chi connectivity index (χ3n) is 9.39. The molecule has 0 N–H and O–H groups in total. The maximum Gasteiger partial charge on any atom is 0.231 e. The van der Waals surface area contributed by atoms with Crippen LogP contribution in [0.15, 0.2) is 118 Å². The highest BCUT2D eigenvalue weighted by atomic mass is 79.9. The van der Waals surface area contributed by atoms with Crippen molar-refractivity contribution >= 4 is 61.1 Å². The molecule has 0 saturated carbocycles. The smallest absolute Gasteiger partial charge is 0.231 e. The van der Waals surface area contributed by atoms with Crippen LogP contribution in [0.1, 0.15) is 59.7 Å². The van der Waals surface area contributed by atoms with Crippen LogP contribution in [-0.4, -0.2) is 41.6 Å². The van der Waals surface area contributed by atoms with E-state index < -0.39 is 6.04 Å². The van der Waals surface area contributed by atoms with Crippen molar-refractivity contribution in [2.75, 3.05) is 14.2 Å². The van der Waals surface area contributed by atoms with E-state index in [0.717, 1.165) is 32.5 Å². The van der Waals surface area contributed by atoms with Crippen LogP contribution in [0, 0.1) is 18.6 Å². The van der Waals surface area contributed by atoms with Crippen molar-refractivity contribution in [3.05, 3.63) is 162 Å². The van der Waals surface area contributed by atoms with E-state index in [1.165, 1.54) is 48.6 Å². The number of allylic oxidation sites excluding steroid dienone is 3. The van der Waals surface area contributed by atoms with Gasteiger partial charge in [0, 0.05) is 27.8 Å².